The lowest BCUT2D eigenvalue weighted by molar-refractivity contribution is 0.650. The lowest BCUT2D eigenvalue weighted by Gasteiger charge is -2.18. The van der Waals surface area contributed by atoms with Crippen LogP contribution in [0.2, 0.25) is 0 Å². The van der Waals surface area contributed by atoms with E-state index < -0.39 is 0 Å². The van der Waals surface area contributed by atoms with E-state index in [1.54, 1.807) is 6.20 Å². The van der Waals surface area contributed by atoms with E-state index in [9.17, 15) is 0 Å². The Bertz CT molecular complexity index is 239. The number of rotatable bonds is 7. The van der Waals surface area contributed by atoms with Crippen LogP contribution in [0.1, 0.15) is 40.5 Å². The van der Waals surface area contributed by atoms with E-state index in [-0.39, 0.29) is 0 Å². The molecule has 2 nitrogen and oxygen atoms in total. The van der Waals surface area contributed by atoms with Crippen molar-refractivity contribution in [1.29, 1.82) is 0 Å². The minimum absolute atomic E-state index is 0.440. The van der Waals surface area contributed by atoms with Gasteiger partial charge in [0, 0.05) is 12.1 Å². The molecule has 0 aromatic heterocycles. The molecule has 1 atom stereocenters. The normalized spacial score (nSPS) is 13.8. The van der Waals surface area contributed by atoms with Gasteiger partial charge in [-0.05, 0) is 17.9 Å². The van der Waals surface area contributed by atoms with E-state index in [2.05, 4.69) is 51.4 Å². The van der Waals surface area contributed by atoms with Gasteiger partial charge in [-0.15, -0.1) is 0 Å². The van der Waals surface area contributed by atoms with Crippen LogP contribution >= 0.6 is 0 Å². The predicted molar refractivity (Wildman–Crippen MR) is 68.8 cm³/mol. The van der Waals surface area contributed by atoms with E-state index in [0.717, 1.165) is 17.7 Å². The molecule has 2 heteroatoms. The van der Waals surface area contributed by atoms with Gasteiger partial charge in [0.1, 0.15) is 0 Å². The molecule has 0 aromatic rings. The molecule has 15 heavy (non-hydrogen) atoms. The third-order valence-corrected chi connectivity index (χ3v) is 2.49. The first-order valence-corrected chi connectivity index (χ1v) is 5.67. The topological polar surface area (TPSA) is 24.4 Å². The molecule has 0 saturated carbocycles. The maximum absolute atomic E-state index is 4.33. The second-order valence-electron chi connectivity index (χ2n) is 4.20. The average Bonchev–Trinajstić information content (AvgIpc) is 2.18. The number of nitrogens with one attached hydrogen (secondary N) is 1. The summed E-state index contributed by atoms with van der Waals surface area (Å²) in [6.07, 6.45) is 3.90. The first-order chi connectivity index (χ1) is 7.04. The molecule has 0 bridgehead atoms. The molecule has 0 fully saturated rings. The highest BCUT2D eigenvalue weighted by Gasteiger charge is 2.15. The summed E-state index contributed by atoms with van der Waals surface area (Å²) in [5.74, 6) is 0.895. The van der Waals surface area contributed by atoms with Crippen LogP contribution in [-0.4, -0.2) is 5.71 Å². The fourth-order valence-electron chi connectivity index (χ4n) is 1.48. The Hall–Kier alpha value is -1.05. The molecular weight excluding hydrogens is 184 g/mol. The minimum Gasteiger partial charge on any atom is -0.286 e. The Labute approximate surface area is 94.2 Å². The Morgan fingerprint density at radius 3 is 2.40 bits per heavy atom. The van der Waals surface area contributed by atoms with E-state index in [4.69, 9.17) is 0 Å². The SMILES string of the molecule is C=CN/N=C(\C(=C)C(C)C)C(C)CCC. The third kappa shape index (κ3) is 4.82. The summed E-state index contributed by atoms with van der Waals surface area (Å²) in [5.41, 5.74) is 5.01. The Morgan fingerprint density at radius 1 is 1.40 bits per heavy atom. The van der Waals surface area contributed by atoms with Gasteiger partial charge in [-0.3, -0.25) is 5.43 Å². The van der Waals surface area contributed by atoms with Crippen LogP contribution in [0, 0.1) is 11.8 Å². The van der Waals surface area contributed by atoms with Crippen molar-refractivity contribution in [3.8, 4) is 0 Å². The molecule has 1 N–H and O–H groups in total. The van der Waals surface area contributed by atoms with Crippen molar-refractivity contribution in [2.45, 2.75) is 40.5 Å². The van der Waals surface area contributed by atoms with Crippen LogP contribution in [0.4, 0.5) is 0 Å². The van der Waals surface area contributed by atoms with Gasteiger partial charge < -0.3 is 0 Å². The van der Waals surface area contributed by atoms with Crippen LogP contribution < -0.4 is 5.43 Å². The second-order valence-corrected chi connectivity index (χ2v) is 4.20. The number of nitrogens with zero attached hydrogens (tertiary/aromatic N) is 1. The van der Waals surface area contributed by atoms with Crippen molar-refractivity contribution in [2.24, 2.45) is 16.9 Å². The zero-order valence-corrected chi connectivity index (χ0v) is 10.5. The summed E-state index contributed by atoms with van der Waals surface area (Å²) in [4.78, 5) is 0. The summed E-state index contributed by atoms with van der Waals surface area (Å²) < 4.78 is 0. The number of hydrogen-bond donors (Lipinski definition) is 1. The summed E-state index contributed by atoms with van der Waals surface area (Å²) in [5, 5.41) is 4.33. The third-order valence-electron chi connectivity index (χ3n) is 2.49. The highest BCUT2D eigenvalue weighted by molar-refractivity contribution is 6.01. The molecule has 0 aliphatic carbocycles. The molecular formula is C13H24N2. The van der Waals surface area contributed by atoms with Gasteiger partial charge in [0.05, 0.1) is 5.71 Å². The lowest BCUT2D eigenvalue weighted by atomic mass is 9.89. The zero-order chi connectivity index (χ0) is 11.8. The molecule has 1 unspecified atom stereocenters. The van der Waals surface area contributed by atoms with Gasteiger partial charge >= 0.3 is 0 Å². The van der Waals surface area contributed by atoms with Crippen molar-refractivity contribution in [3.63, 3.8) is 0 Å². The molecule has 0 aliphatic rings. The van der Waals surface area contributed by atoms with Crippen molar-refractivity contribution < 1.29 is 0 Å². The molecule has 0 saturated heterocycles. The first kappa shape index (κ1) is 13.9. The molecule has 0 amide bonds. The summed E-state index contributed by atoms with van der Waals surface area (Å²) >= 11 is 0. The van der Waals surface area contributed by atoms with Gasteiger partial charge in [-0.25, -0.2) is 0 Å². The molecule has 86 valence electrons. The van der Waals surface area contributed by atoms with Crippen LogP contribution in [0.3, 0.4) is 0 Å². The average molecular weight is 208 g/mol. The Morgan fingerprint density at radius 2 is 2.00 bits per heavy atom. The monoisotopic (exact) mass is 208 g/mol. The Kier molecular flexibility index (Phi) is 6.76. The van der Waals surface area contributed by atoms with Gasteiger partial charge in [0.2, 0.25) is 0 Å². The quantitative estimate of drug-likeness (QED) is 0.500. The summed E-state index contributed by atoms with van der Waals surface area (Å²) in [6, 6.07) is 0. The van der Waals surface area contributed by atoms with Crippen LogP contribution in [0.15, 0.2) is 30.0 Å². The molecule has 0 rings (SSSR count). The van der Waals surface area contributed by atoms with Crippen molar-refractivity contribution in [2.75, 3.05) is 0 Å². The molecule has 0 aromatic carbocycles. The van der Waals surface area contributed by atoms with Crippen LogP contribution in [0.5, 0.6) is 0 Å². The van der Waals surface area contributed by atoms with Gasteiger partial charge in [0.25, 0.3) is 0 Å². The minimum atomic E-state index is 0.440. The maximum Gasteiger partial charge on any atom is 0.0663 e. The van der Waals surface area contributed by atoms with Crippen LogP contribution in [0.25, 0.3) is 0 Å². The van der Waals surface area contributed by atoms with E-state index in [1.807, 2.05) is 0 Å². The zero-order valence-electron chi connectivity index (χ0n) is 10.5. The molecule has 0 aliphatic heterocycles. The van der Waals surface area contributed by atoms with Gasteiger partial charge in [-0.2, -0.15) is 5.10 Å². The Balaban J connectivity index is 4.71. The van der Waals surface area contributed by atoms with Crippen LogP contribution in [-0.2, 0) is 0 Å². The smallest absolute Gasteiger partial charge is 0.0663 e. The number of allylic oxidation sites excluding steroid dienone is 1. The van der Waals surface area contributed by atoms with Crippen molar-refractivity contribution in [1.82, 2.24) is 5.43 Å². The largest absolute Gasteiger partial charge is 0.286 e. The summed E-state index contributed by atoms with van der Waals surface area (Å²) in [6.45, 7) is 16.4. The standard InChI is InChI=1S/C13H24N2/c1-7-9-11(5)13(15-14-8-2)12(6)10(3)4/h8,10-11,14H,2,6-7,9H2,1,3-5H3/b15-13-. The van der Waals surface area contributed by atoms with Crippen molar-refractivity contribution in [3.05, 3.63) is 24.9 Å². The van der Waals surface area contributed by atoms with E-state index in [1.165, 1.54) is 6.42 Å². The molecule has 0 spiro atoms. The maximum atomic E-state index is 4.33. The van der Waals surface area contributed by atoms with Gasteiger partial charge in [0.15, 0.2) is 0 Å². The predicted octanol–water partition coefficient (Wildman–Crippen LogP) is 3.72. The fourth-order valence-corrected chi connectivity index (χ4v) is 1.48. The van der Waals surface area contributed by atoms with Gasteiger partial charge in [-0.1, -0.05) is 47.3 Å². The molecule has 0 heterocycles. The first-order valence-electron chi connectivity index (χ1n) is 5.67. The lowest BCUT2D eigenvalue weighted by Crippen LogP contribution is -2.19. The highest BCUT2D eigenvalue weighted by atomic mass is 15.3. The van der Waals surface area contributed by atoms with Crippen molar-refractivity contribution >= 4 is 5.71 Å². The van der Waals surface area contributed by atoms with E-state index >= 15 is 0 Å². The summed E-state index contributed by atoms with van der Waals surface area (Å²) in [7, 11) is 0. The fraction of sp³-hybridized carbons (Fsp3) is 0.615. The number of hydrazone groups is 1. The number of hydrogen-bond acceptors (Lipinski definition) is 2. The second kappa shape index (κ2) is 7.27. The highest BCUT2D eigenvalue weighted by Crippen LogP contribution is 2.18. The molecule has 0 radical (unpaired) electrons. The van der Waals surface area contributed by atoms with E-state index in [0.29, 0.717) is 11.8 Å².